The van der Waals surface area contributed by atoms with Crippen molar-refractivity contribution in [2.24, 2.45) is 0 Å². The van der Waals surface area contributed by atoms with E-state index in [9.17, 15) is 23.1 Å². The van der Waals surface area contributed by atoms with Gasteiger partial charge in [0, 0.05) is 13.1 Å². The Balaban J connectivity index is 2.36. The smallest absolute Gasteiger partial charge is 0.416 e. The van der Waals surface area contributed by atoms with Gasteiger partial charge >= 0.3 is 12.1 Å². The Morgan fingerprint density at radius 3 is 2.48 bits per heavy atom. The van der Waals surface area contributed by atoms with E-state index in [-0.39, 0.29) is 11.6 Å². The lowest BCUT2D eigenvalue weighted by atomic mass is 10.0. The summed E-state index contributed by atoms with van der Waals surface area (Å²) >= 11 is 0. The molecule has 1 aromatic carbocycles. The number of carbonyl (C=O) groups is 1. The van der Waals surface area contributed by atoms with Crippen molar-refractivity contribution in [3.8, 4) is 0 Å². The van der Waals surface area contributed by atoms with Gasteiger partial charge in [-0.15, -0.1) is 0 Å². The molecule has 1 aromatic rings. The average Bonchev–Trinajstić information content (AvgIpc) is 2.45. The first-order chi connectivity index (χ1) is 9.80. The van der Waals surface area contributed by atoms with Gasteiger partial charge in [-0.3, -0.25) is 0 Å². The Labute approximate surface area is 120 Å². The molecule has 4 nitrogen and oxygen atoms in total. The zero-order chi connectivity index (χ0) is 15.6. The molecule has 0 aliphatic carbocycles. The second-order valence-corrected chi connectivity index (χ2v) is 5.13. The number of anilines is 1. The van der Waals surface area contributed by atoms with Crippen LogP contribution >= 0.6 is 0 Å². The Hall–Kier alpha value is -1.76. The zero-order valence-corrected chi connectivity index (χ0v) is 11.6. The van der Waals surface area contributed by atoms with E-state index in [4.69, 9.17) is 0 Å². The number of benzene rings is 1. The maximum Gasteiger partial charge on any atom is 0.416 e. The van der Waals surface area contributed by atoms with Crippen LogP contribution in [-0.4, -0.2) is 37.3 Å². The molecule has 1 heterocycles. The van der Waals surface area contributed by atoms with Crippen LogP contribution in [0.3, 0.4) is 0 Å². The fourth-order valence-corrected chi connectivity index (χ4v) is 2.58. The summed E-state index contributed by atoms with van der Waals surface area (Å²) in [5.74, 6) is -1.35. The van der Waals surface area contributed by atoms with E-state index < -0.39 is 17.7 Å². The molecule has 1 saturated heterocycles. The minimum atomic E-state index is -4.55. The largest absolute Gasteiger partial charge is 0.478 e. The van der Waals surface area contributed by atoms with Crippen molar-refractivity contribution < 1.29 is 23.1 Å². The first-order valence-electron chi connectivity index (χ1n) is 6.69. The summed E-state index contributed by atoms with van der Waals surface area (Å²) in [4.78, 5) is 13.1. The van der Waals surface area contributed by atoms with Crippen LogP contribution in [0.2, 0.25) is 0 Å². The van der Waals surface area contributed by atoms with Crippen LogP contribution in [0.15, 0.2) is 18.2 Å². The van der Waals surface area contributed by atoms with E-state index in [0.29, 0.717) is 11.8 Å². The van der Waals surface area contributed by atoms with E-state index >= 15 is 0 Å². The number of hydrogen-bond donors (Lipinski definition) is 2. The summed E-state index contributed by atoms with van der Waals surface area (Å²) in [5, 5.41) is 12.4. The minimum Gasteiger partial charge on any atom is -0.478 e. The summed E-state index contributed by atoms with van der Waals surface area (Å²) in [6.07, 6.45) is -2.89. The second kappa shape index (κ2) is 5.93. The molecule has 21 heavy (non-hydrogen) atoms. The lowest BCUT2D eigenvalue weighted by Gasteiger charge is -2.34. The van der Waals surface area contributed by atoms with Gasteiger partial charge < -0.3 is 15.3 Å². The Morgan fingerprint density at radius 1 is 1.33 bits per heavy atom. The van der Waals surface area contributed by atoms with Crippen molar-refractivity contribution in [2.45, 2.75) is 25.1 Å². The number of halogens is 3. The topological polar surface area (TPSA) is 52.6 Å². The molecule has 0 unspecified atom stereocenters. The Morgan fingerprint density at radius 2 is 1.95 bits per heavy atom. The fourth-order valence-electron chi connectivity index (χ4n) is 2.58. The van der Waals surface area contributed by atoms with E-state index in [0.717, 1.165) is 32.0 Å². The summed E-state index contributed by atoms with van der Waals surface area (Å²) in [6, 6.07) is 3.00. The summed E-state index contributed by atoms with van der Waals surface area (Å²) in [6.45, 7) is 1.64. The molecule has 0 bridgehead atoms. The molecule has 2 rings (SSSR count). The van der Waals surface area contributed by atoms with E-state index in [2.05, 4.69) is 5.32 Å². The number of hydrogen-bond acceptors (Lipinski definition) is 3. The Bertz CT molecular complexity index is 525. The number of rotatable bonds is 3. The number of nitrogens with one attached hydrogen (secondary N) is 1. The van der Waals surface area contributed by atoms with Crippen molar-refractivity contribution in [1.82, 2.24) is 5.32 Å². The number of aromatic carboxylic acids is 1. The number of piperidine rings is 1. The highest BCUT2D eigenvalue weighted by molar-refractivity contribution is 5.94. The third kappa shape index (κ3) is 3.47. The predicted molar refractivity (Wildman–Crippen MR) is 72.7 cm³/mol. The first-order valence-corrected chi connectivity index (χ1v) is 6.69. The molecule has 1 aliphatic rings. The van der Waals surface area contributed by atoms with E-state index in [1.165, 1.54) is 6.07 Å². The molecule has 0 amide bonds. The molecule has 1 aliphatic heterocycles. The van der Waals surface area contributed by atoms with Crippen molar-refractivity contribution in [2.75, 3.05) is 25.0 Å². The van der Waals surface area contributed by atoms with Gasteiger partial charge in [-0.25, -0.2) is 4.79 Å². The first kappa shape index (κ1) is 15.6. The highest BCUT2D eigenvalue weighted by Gasteiger charge is 2.32. The number of carboxylic acids is 1. The van der Waals surface area contributed by atoms with Crippen molar-refractivity contribution in [3.05, 3.63) is 29.3 Å². The summed E-state index contributed by atoms with van der Waals surface area (Å²) in [7, 11) is 1.73. The molecule has 0 radical (unpaired) electrons. The predicted octanol–water partition coefficient (Wildman–Crippen LogP) is 2.59. The third-order valence-electron chi connectivity index (χ3n) is 3.79. The molecular weight excluding hydrogens is 285 g/mol. The average molecular weight is 302 g/mol. The normalized spacial score (nSPS) is 16.8. The second-order valence-electron chi connectivity index (χ2n) is 5.13. The molecule has 7 heteroatoms. The van der Waals surface area contributed by atoms with Crippen LogP contribution < -0.4 is 10.2 Å². The van der Waals surface area contributed by atoms with E-state index in [1.54, 1.807) is 11.9 Å². The molecular formula is C14H17F3N2O2. The van der Waals surface area contributed by atoms with Crippen molar-refractivity contribution >= 4 is 11.7 Å². The molecule has 0 atom stereocenters. The molecule has 116 valence electrons. The monoisotopic (exact) mass is 302 g/mol. The van der Waals surface area contributed by atoms with Gasteiger partial charge in [0.15, 0.2) is 0 Å². The fraction of sp³-hybridized carbons (Fsp3) is 0.500. The number of nitrogens with zero attached hydrogens (tertiary/aromatic N) is 1. The minimum absolute atomic E-state index is 0.126. The van der Waals surface area contributed by atoms with E-state index in [1.807, 2.05) is 0 Å². The molecule has 0 spiro atoms. The van der Waals surface area contributed by atoms with Gasteiger partial charge in [0.1, 0.15) is 0 Å². The van der Waals surface area contributed by atoms with Crippen LogP contribution in [0.1, 0.15) is 28.8 Å². The lowest BCUT2D eigenvalue weighted by molar-refractivity contribution is -0.137. The van der Waals surface area contributed by atoms with Gasteiger partial charge in [0.25, 0.3) is 0 Å². The highest BCUT2D eigenvalue weighted by atomic mass is 19.4. The zero-order valence-electron chi connectivity index (χ0n) is 11.6. The van der Waals surface area contributed by atoms with Crippen LogP contribution in [0, 0.1) is 0 Å². The van der Waals surface area contributed by atoms with Crippen LogP contribution in [0.4, 0.5) is 18.9 Å². The molecule has 2 N–H and O–H groups in total. The number of alkyl halides is 3. The highest BCUT2D eigenvalue weighted by Crippen LogP contribution is 2.33. The maximum absolute atomic E-state index is 12.7. The van der Waals surface area contributed by atoms with Gasteiger partial charge in [-0.1, -0.05) is 0 Å². The maximum atomic E-state index is 12.7. The van der Waals surface area contributed by atoms with Crippen LogP contribution in [0.25, 0.3) is 0 Å². The Kier molecular flexibility index (Phi) is 4.41. The lowest BCUT2D eigenvalue weighted by Crippen LogP contribution is -2.41. The summed E-state index contributed by atoms with van der Waals surface area (Å²) < 4.78 is 38.1. The molecule has 0 saturated carbocycles. The van der Waals surface area contributed by atoms with Crippen LogP contribution in [0.5, 0.6) is 0 Å². The van der Waals surface area contributed by atoms with Crippen LogP contribution in [-0.2, 0) is 6.18 Å². The molecule has 0 aromatic heterocycles. The summed E-state index contributed by atoms with van der Waals surface area (Å²) in [5.41, 5.74) is -0.935. The third-order valence-corrected chi connectivity index (χ3v) is 3.79. The molecule has 1 fully saturated rings. The SMILES string of the molecule is CN(c1ccc(C(F)(F)F)cc1C(=O)O)C1CCNCC1. The standard InChI is InChI=1S/C14H17F3N2O2/c1-19(10-4-6-18-7-5-10)12-3-2-9(14(15,16)17)8-11(12)13(20)21/h2-3,8,10,18H,4-7H2,1H3,(H,20,21). The number of carboxylic acid groups (broad SMARTS) is 1. The van der Waals surface area contributed by atoms with Crippen molar-refractivity contribution in [3.63, 3.8) is 0 Å². The van der Waals surface area contributed by atoms with Crippen molar-refractivity contribution in [1.29, 1.82) is 0 Å². The van der Waals surface area contributed by atoms with Gasteiger partial charge in [0.05, 0.1) is 16.8 Å². The van der Waals surface area contributed by atoms with Gasteiger partial charge in [0.2, 0.25) is 0 Å². The van der Waals surface area contributed by atoms with Gasteiger partial charge in [-0.05, 0) is 44.1 Å². The van der Waals surface area contributed by atoms with Gasteiger partial charge in [-0.2, -0.15) is 13.2 Å². The quantitative estimate of drug-likeness (QED) is 0.901.